The van der Waals surface area contributed by atoms with Crippen molar-refractivity contribution in [3.63, 3.8) is 0 Å². The minimum atomic E-state index is -1.36. The van der Waals surface area contributed by atoms with Crippen molar-refractivity contribution in [2.24, 2.45) is 0 Å². The van der Waals surface area contributed by atoms with Crippen LogP contribution in [-0.2, 0) is 9.47 Å². The zero-order chi connectivity index (χ0) is 25.6. The Morgan fingerprint density at radius 3 is 2.08 bits per heavy atom. The summed E-state index contributed by atoms with van der Waals surface area (Å²) in [5.74, 6) is -1.34. The number of ether oxygens (including phenoxy) is 2. The summed E-state index contributed by atoms with van der Waals surface area (Å²) in [5.41, 5.74) is 4.18. The van der Waals surface area contributed by atoms with Crippen molar-refractivity contribution in [2.75, 3.05) is 6.61 Å². The number of hydrogen-bond donors (Lipinski definition) is 0. The molecule has 0 amide bonds. The summed E-state index contributed by atoms with van der Waals surface area (Å²) in [6.07, 6.45) is 15.3. The molecule has 0 radical (unpaired) electrons. The molecular formula is C33H45FO2. The second kappa shape index (κ2) is 15.1. The van der Waals surface area contributed by atoms with Crippen molar-refractivity contribution in [3.05, 3.63) is 78.4 Å². The van der Waals surface area contributed by atoms with Gasteiger partial charge in [-0.3, -0.25) is 0 Å². The van der Waals surface area contributed by atoms with Gasteiger partial charge in [-0.15, -0.1) is 0 Å². The highest BCUT2D eigenvalue weighted by atomic mass is 19.1. The third-order valence-corrected chi connectivity index (χ3v) is 6.96. The number of benzene rings is 2. The molecule has 1 aliphatic carbocycles. The number of hydrogen-bond acceptors (Lipinski definition) is 2. The predicted octanol–water partition coefficient (Wildman–Crippen LogP) is 9.70. The Kier molecular flexibility index (Phi) is 11.9. The largest absolute Gasteiger partial charge is 0.344 e. The van der Waals surface area contributed by atoms with E-state index in [9.17, 15) is 0 Å². The van der Waals surface area contributed by atoms with E-state index in [-0.39, 0.29) is 6.10 Å². The van der Waals surface area contributed by atoms with Gasteiger partial charge in [0.1, 0.15) is 0 Å². The number of unbranched alkanes of at least 4 members (excludes halogenated alkanes) is 7. The van der Waals surface area contributed by atoms with Crippen LogP contribution < -0.4 is 0 Å². The molecule has 0 fully saturated rings. The van der Waals surface area contributed by atoms with E-state index >= 15 is 4.39 Å². The van der Waals surface area contributed by atoms with Gasteiger partial charge in [0.25, 0.3) is 0 Å². The first kappa shape index (κ1) is 28.3. The van der Waals surface area contributed by atoms with Gasteiger partial charge in [-0.05, 0) is 54.2 Å². The van der Waals surface area contributed by atoms with Crippen LogP contribution in [0.5, 0.6) is 0 Å². The van der Waals surface area contributed by atoms with Gasteiger partial charge in [-0.1, -0.05) is 126 Å². The lowest BCUT2D eigenvalue weighted by Gasteiger charge is -2.37. The van der Waals surface area contributed by atoms with Crippen LogP contribution >= 0.6 is 0 Å². The molecule has 3 heteroatoms. The van der Waals surface area contributed by atoms with Crippen molar-refractivity contribution in [2.45, 2.75) is 103 Å². The maximum Gasteiger partial charge on any atom is 0.224 e. The minimum Gasteiger partial charge on any atom is -0.344 e. The summed E-state index contributed by atoms with van der Waals surface area (Å²) in [6, 6.07) is 18.6. The van der Waals surface area contributed by atoms with Gasteiger partial charge in [0.05, 0.1) is 12.7 Å². The standard InChI is InChI=1S/C33H45FO2/c1-4-6-8-9-10-15-25-35-33(36-27(3)16-12-7-5-2)24-23-31(26-32(33)34)30-21-19-29(20-22-30)28-17-13-11-14-18-28/h11,13-14,17-24,26-27,32H,4-10,12,15-16,25H2,1-3H3/t27?,32-,33?/m1/s1. The Bertz CT molecular complexity index is 934. The maximum absolute atomic E-state index is 15.8. The molecule has 0 bridgehead atoms. The number of rotatable bonds is 16. The Balaban J connectivity index is 1.67. The number of allylic oxidation sites excluding steroid dienone is 2. The first-order chi connectivity index (χ1) is 17.6. The van der Waals surface area contributed by atoms with Gasteiger partial charge >= 0.3 is 0 Å². The highest BCUT2D eigenvalue weighted by Crippen LogP contribution is 2.35. The highest BCUT2D eigenvalue weighted by molar-refractivity contribution is 5.77. The van der Waals surface area contributed by atoms with Crippen molar-refractivity contribution in [3.8, 4) is 11.1 Å². The van der Waals surface area contributed by atoms with E-state index in [1.807, 2.05) is 37.3 Å². The molecule has 36 heavy (non-hydrogen) atoms. The van der Waals surface area contributed by atoms with Crippen LogP contribution in [0.25, 0.3) is 16.7 Å². The second-order valence-electron chi connectivity index (χ2n) is 10.1. The molecule has 3 atom stereocenters. The van der Waals surface area contributed by atoms with Gasteiger partial charge in [-0.2, -0.15) is 0 Å². The van der Waals surface area contributed by atoms with E-state index in [0.717, 1.165) is 55.2 Å². The van der Waals surface area contributed by atoms with Crippen molar-refractivity contribution in [1.29, 1.82) is 0 Å². The Labute approximate surface area is 218 Å². The molecule has 2 unspecified atom stereocenters. The lowest BCUT2D eigenvalue weighted by Crippen LogP contribution is -2.46. The fourth-order valence-corrected chi connectivity index (χ4v) is 4.74. The fraction of sp³-hybridized carbons (Fsp3) is 0.515. The average molecular weight is 493 g/mol. The summed E-state index contributed by atoms with van der Waals surface area (Å²) in [6.45, 7) is 6.96. The van der Waals surface area contributed by atoms with Crippen molar-refractivity contribution >= 4 is 5.57 Å². The van der Waals surface area contributed by atoms with E-state index in [4.69, 9.17) is 9.47 Å². The predicted molar refractivity (Wildman–Crippen MR) is 151 cm³/mol. The molecule has 0 aliphatic heterocycles. The maximum atomic E-state index is 15.8. The minimum absolute atomic E-state index is 0.0656. The molecule has 0 aromatic heterocycles. The van der Waals surface area contributed by atoms with Gasteiger partial charge in [0.15, 0.2) is 6.17 Å². The monoisotopic (exact) mass is 492 g/mol. The third kappa shape index (κ3) is 8.42. The molecule has 2 nitrogen and oxygen atoms in total. The zero-order valence-electron chi connectivity index (χ0n) is 22.6. The van der Waals surface area contributed by atoms with E-state index in [1.54, 1.807) is 6.08 Å². The zero-order valence-corrected chi connectivity index (χ0v) is 22.6. The van der Waals surface area contributed by atoms with E-state index in [0.29, 0.717) is 6.61 Å². The molecule has 0 N–H and O–H groups in total. The third-order valence-electron chi connectivity index (χ3n) is 6.96. The Morgan fingerprint density at radius 2 is 1.39 bits per heavy atom. The molecule has 0 spiro atoms. The molecule has 0 heterocycles. The average Bonchev–Trinajstić information content (AvgIpc) is 2.90. The summed E-state index contributed by atoms with van der Waals surface area (Å²) in [7, 11) is 0. The van der Waals surface area contributed by atoms with E-state index < -0.39 is 12.0 Å². The summed E-state index contributed by atoms with van der Waals surface area (Å²) in [5, 5.41) is 0. The van der Waals surface area contributed by atoms with Gasteiger partial charge in [0.2, 0.25) is 5.79 Å². The Morgan fingerprint density at radius 1 is 0.778 bits per heavy atom. The number of alkyl halides is 1. The van der Waals surface area contributed by atoms with Gasteiger partial charge in [-0.25, -0.2) is 4.39 Å². The quantitative estimate of drug-likeness (QED) is 0.171. The topological polar surface area (TPSA) is 18.5 Å². The molecule has 2 aromatic carbocycles. The van der Waals surface area contributed by atoms with Crippen LogP contribution in [-0.4, -0.2) is 24.7 Å². The SMILES string of the molecule is CCCCCCCCOC1(OC(C)CCCCC)C=CC(c2ccc(-c3ccccc3)cc2)=C[C@H]1F. The van der Waals surface area contributed by atoms with Crippen molar-refractivity contribution in [1.82, 2.24) is 0 Å². The van der Waals surface area contributed by atoms with E-state index in [1.165, 1.54) is 31.2 Å². The first-order valence-electron chi connectivity index (χ1n) is 14.1. The molecular weight excluding hydrogens is 447 g/mol. The van der Waals surface area contributed by atoms with Gasteiger partial charge < -0.3 is 9.47 Å². The van der Waals surface area contributed by atoms with Crippen LogP contribution in [0, 0.1) is 0 Å². The molecule has 0 saturated heterocycles. The smallest absolute Gasteiger partial charge is 0.224 e. The molecule has 0 saturated carbocycles. The summed E-state index contributed by atoms with van der Waals surface area (Å²) in [4.78, 5) is 0. The van der Waals surface area contributed by atoms with Crippen LogP contribution in [0.2, 0.25) is 0 Å². The summed E-state index contributed by atoms with van der Waals surface area (Å²) >= 11 is 0. The van der Waals surface area contributed by atoms with Crippen LogP contribution in [0.3, 0.4) is 0 Å². The molecule has 196 valence electrons. The van der Waals surface area contributed by atoms with E-state index in [2.05, 4.69) is 50.2 Å². The molecule has 2 aromatic rings. The van der Waals surface area contributed by atoms with Crippen LogP contribution in [0.1, 0.15) is 90.5 Å². The van der Waals surface area contributed by atoms with Gasteiger partial charge in [0, 0.05) is 0 Å². The highest BCUT2D eigenvalue weighted by Gasteiger charge is 2.42. The lowest BCUT2D eigenvalue weighted by atomic mass is 9.93. The number of halogens is 1. The van der Waals surface area contributed by atoms with Crippen LogP contribution in [0.15, 0.2) is 72.8 Å². The fourth-order valence-electron chi connectivity index (χ4n) is 4.74. The normalized spacial score (nSPS) is 20.3. The van der Waals surface area contributed by atoms with Crippen molar-refractivity contribution < 1.29 is 13.9 Å². The summed E-state index contributed by atoms with van der Waals surface area (Å²) < 4.78 is 28.3. The second-order valence-corrected chi connectivity index (χ2v) is 10.1. The first-order valence-corrected chi connectivity index (χ1v) is 14.1. The lowest BCUT2D eigenvalue weighted by molar-refractivity contribution is -0.249. The molecule has 1 aliphatic rings. The molecule has 3 rings (SSSR count). The Hall–Kier alpha value is -2.23. The van der Waals surface area contributed by atoms with Crippen LogP contribution in [0.4, 0.5) is 4.39 Å².